The molecule has 1 heterocycles. The molecule has 0 spiro atoms. The van der Waals surface area contributed by atoms with E-state index in [1.165, 1.54) is 69.8 Å². The number of carbonyl (C=O) groups is 1. The predicted octanol–water partition coefficient (Wildman–Crippen LogP) is 5.83. The van der Waals surface area contributed by atoms with E-state index in [-0.39, 0.29) is 18.0 Å². The second kappa shape index (κ2) is 12.9. The molecule has 1 aromatic carbocycles. The Hall–Kier alpha value is -1.35. The number of hydrogen-bond donors (Lipinski definition) is 1. The number of cyclic esters (lactones) is 1. The molecule has 3 nitrogen and oxygen atoms in total. The largest absolute Gasteiger partial charge is 0.460 e. The molecular formula is C24H38O3. The molecule has 1 N–H and O–H groups in total. The van der Waals surface area contributed by atoms with E-state index in [1.54, 1.807) is 6.92 Å². The Balaban J connectivity index is 1.32. The average Bonchev–Trinajstić information content (AvgIpc) is 2.92. The van der Waals surface area contributed by atoms with Crippen molar-refractivity contribution < 1.29 is 14.6 Å². The van der Waals surface area contributed by atoms with Crippen LogP contribution in [-0.4, -0.2) is 23.3 Å². The third-order valence-electron chi connectivity index (χ3n) is 5.82. The average molecular weight is 375 g/mol. The molecule has 1 aliphatic rings. The summed E-state index contributed by atoms with van der Waals surface area (Å²) in [6, 6.07) is 10.8. The SMILES string of the molecule is C[C@@H]1OC(=O)[C@H](CCCCCCCCCCCCCc2ccccc2)[C@@H]1O. The normalized spacial score (nSPS) is 22.1. The zero-order valence-electron chi connectivity index (χ0n) is 17.1. The molecule has 1 aromatic rings. The third kappa shape index (κ3) is 8.47. The highest BCUT2D eigenvalue weighted by Gasteiger charge is 2.40. The Kier molecular flexibility index (Phi) is 10.5. The number of benzene rings is 1. The maximum Gasteiger partial charge on any atom is 0.312 e. The van der Waals surface area contributed by atoms with Gasteiger partial charge in [0, 0.05) is 0 Å². The van der Waals surface area contributed by atoms with Crippen molar-refractivity contribution in [2.24, 2.45) is 5.92 Å². The topological polar surface area (TPSA) is 46.5 Å². The molecule has 0 aromatic heterocycles. The van der Waals surface area contributed by atoms with Crippen molar-refractivity contribution >= 4 is 5.97 Å². The van der Waals surface area contributed by atoms with Crippen LogP contribution in [0, 0.1) is 5.92 Å². The van der Waals surface area contributed by atoms with E-state index in [1.807, 2.05) is 0 Å². The summed E-state index contributed by atoms with van der Waals surface area (Å²) < 4.78 is 5.08. The molecule has 3 atom stereocenters. The highest BCUT2D eigenvalue weighted by atomic mass is 16.6. The van der Waals surface area contributed by atoms with E-state index in [2.05, 4.69) is 30.3 Å². The quantitative estimate of drug-likeness (QED) is 0.329. The van der Waals surface area contributed by atoms with Crippen LogP contribution in [0.4, 0.5) is 0 Å². The van der Waals surface area contributed by atoms with Crippen molar-refractivity contribution in [1.29, 1.82) is 0 Å². The van der Waals surface area contributed by atoms with Crippen LogP contribution < -0.4 is 0 Å². The summed E-state index contributed by atoms with van der Waals surface area (Å²) in [5.41, 5.74) is 1.46. The van der Waals surface area contributed by atoms with Crippen molar-refractivity contribution in [3.8, 4) is 0 Å². The molecule has 0 bridgehead atoms. The summed E-state index contributed by atoms with van der Waals surface area (Å²) in [5, 5.41) is 9.92. The smallest absolute Gasteiger partial charge is 0.312 e. The van der Waals surface area contributed by atoms with Gasteiger partial charge in [-0.15, -0.1) is 0 Å². The molecule has 1 fully saturated rings. The fourth-order valence-corrected chi connectivity index (χ4v) is 4.02. The van der Waals surface area contributed by atoms with Gasteiger partial charge in [0.25, 0.3) is 0 Å². The molecular weight excluding hydrogens is 336 g/mol. The molecule has 152 valence electrons. The first kappa shape index (κ1) is 21.9. The van der Waals surface area contributed by atoms with Gasteiger partial charge in [-0.05, 0) is 31.7 Å². The van der Waals surface area contributed by atoms with Crippen LogP contribution in [0.3, 0.4) is 0 Å². The maximum atomic E-state index is 11.6. The molecule has 2 rings (SSSR count). The summed E-state index contributed by atoms with van der Waals surface area (Å²) in [5.74, 6) is -0.499. The zero-order valence-corrected chi connectivity index (χ0v) is 17.1. The lowest BCUT2D eigenvalue weighted by atomic mass is 9.95. The Morgan fingerprint density at radius 3 is 1.85 bits per heavy atom. The Labute approximate surface area is 165 Å². The lowest BCUT2D eigenvalue weighted by molar-refractivity contribution is -0.143. The Bertz CT molecular complexity index is 514. The molecule has 0 unspecified atom stereocenters. The summed E-state index contributed by atoms with van der Waals surface area (Å²) in [4.78, 5) is 11.6. The van der Waals surface area contributed by atoms with Gasteiger partial charge in [0.05, 0.1) is 5.92 Å². The van der Waals surface area contributed by atoms with E-state index in [9.17, 15) is 9.90 Å². The zero-order chi connectivity index (χ0) is 19.3. The van der Waals surface area contributed by atoms with Gasteiger partial charge < -0.3 is 9.84 Å². The second-order valence-corrected chi connectivity index (χ2v) is 8.15. The van der Waals surface area contributed by atoms with Crippen molar-refractivity contribution in [2.45, 2.75) is 103 Å². The van der Waals surface area contributed by atoms with E-state index < -0.39 is 6.10 Å². The van der Waals surface area contributed by atoms with Crippen LogP contribution >= 0.6 is 0 Å². The summed E-state index contributed by atoms with van der Waals surface area (Å²) in [7, 11) is 0. The minimum Gasteiger partial charge on any atom is -0.460 e. The molecule has 0 radical (unpaired) electrons. The monoisotopic (exact) mass is 374 g/mol. The van der Waals surface area contributed by atoms with Crippen molar-refractivity contribution in [3.05, 3.63) is 35.9 Å². The fourth-order valence-electron chi connectivity index (χ4n) is 4.02. The van der Waals surface area contributed by atoms with Gasteiger partial charge in [-0.2, -0.15) is 0 Å². The molecule has 27 heavy (non-hydrogen) atoms. The van der Waals surface area contributed by atoms with Crippen LogP contribution in [0.1, 0.15) is 89.5 Å². The van der Waals surface area contributed by atoms with Gasteiger partial charge in [-0.25, -0.2) is 0 Å². The molecule has 1 aliphatic heterocycles. The standard InChI is InChI=1S/C24H38O3/c1-20-23(25)22(24(26)27-20)19-15-10-8-6-4-2-3-5-7-9-12-16-21-17-13-11-14-18-21/h11,13-14,17-18,20,22-23,25H,2-10,12,15-16,19H2,1H3/t20-,22+,23+/m0/s1. The number of esters is 1. The first-order chi connectivity index (χ1) is 13.2. The number of hydrogen-bond acceptors (Lipinski definition) is 3. The fraction of sp³-hybridized carbons (Fsp3) is 0.708. The summed E-state index contributed by atoms with van der Waals surface area (Å²) >= 11 is 0. The van der Waals surface area contributed by atoms with Crippen LogP contribution in [0.5, 0.6) is 0 Å². The lowest BCUT2D eigenvalue weighted by Crippen LogP contribution is -2.24. The van der Waals surface area contributed by atoms with Gasteiger partial charge >= 0.3 is 5.97 Å². The van der Waals surface area contributed by atoms with Gasteiger partial charge in [0.1, 0.15) is 12.2 Å². The number of rotatable bonds is 14. The molecule has 0 amide bonds. The first-order valence-electron chi connectivity index (χ1n) is 11.1. The number of carbonyl (C=O) groups excluding carboxylic acids is 1. The lowest BCUT2D eigenvalue weighted by Gasteiger charge is -2.11. The van der Waals surface area contributed by atoms with Crippen LogP contribution in [0.15, 0.2) is 30.3 Å². The van der Waals surface area contributed by atoms with Gasteiger partial charge in [0.15, 0.2) is 0 Å². The van der Waals surface area contributed by atoms with E-state index in [4.69, 9.17) is 4.74 Å². The van der Waals surface area contributed by atoms with Crippen LogP contribution in [0.25, 0.3) is 0 Å². The second-order valence-electron chi connectivity index (χ2n) is 8.15. The highest BCUT2D eigenvalue weighted by Crippen LogP contribution is 2.26. The molecule has 0 aliphatic carbocycles. The summed E-state index contributed by atoms with van der Waals surface area (Å²) in [6.07, 6.45) is 15.2. The molecule has 1 saturated heterocycles. The predicted molar refractivity (Wildman–Crippen MR) is 111 cm³/mol. The minimum atomic E-state index is -0.606. The van der Waals surface area contributed by atoms with Crippen LogP contribution in [-0.2, 0) is 16.0 Å². The number of aliphatic hydroxyl groups excluding tert-OH is 1. The van der Waals surface area contributed by atoms with Gasteiger partial charge in [-0.3, -0.25) is 4.79 Å². The van der Waals surface area contributed by atoms with Crippen LogP contribution in [0.2, 0.25) is 0 Å². The van der Waals surface area contributed by atoms with E-state index >= 15 is 0 Å². The Morgan fingerprint density at radius 2 is 1.33 bits per heavy atom. The number of aliphatic hydroxyl groups is 1. The van der Waals surface area contributed by atoms with Crippen molar-refractivity contribution in [1.82, 2.24) is 0 Å². The number of ether oxygens (including phenoxy) is 1. The summed E-state index contributed by atoms with van der Waals surface area (Å²) in [6.45, 7) is 1.77. The van der Waals surface area contributed by atoms with Crippen molar-refractivity contribution in [3.63, 3.8) is 0 Å². The minimum absolute atomic E-state index is 0.209. The molecule has 0 saturated carbocycles. The first-order valence-corrected chi connectivity index (χ1v) is 11.1. The van der Waals surface area contributed by atoms with E-state index in [0.717, 1.165) is 19.3 Å². The Morgan fingerprint density at radius 1 is 0.815 bits per heavy atom. The van der Waals surface area contributed by atoms with Gasteiger partial charge in [0.2, 0.25) is 0 Å². The van der Waals surface area contributed by atoms with Crippen molar-refractivity contribution in [2.75, 3.05) is 0 Å². The van der Waals surface area contributed by atoms with E-state index in [0.29, 0.717) is 0 Å². The third-order valence-corrected chi connectivity index (χ3v) is 5.82. The number of unbranched alkanes of at least 4 members (excludes halogenated alkanes) is 10. The van der Waals surface area contributed by atoms with Gasteiger partial charge in [-0.1, -0.05) is 94.5 Å². The molecule has 3 heteroatoms. The number of aryl methyl sites for hydroxylation is 1. The highest BCUT2D eigenvalue weighted by molar-refractivity contribution is 5.75. The maximum absolute atomic E-state index is 11.6.